The van der Waals surface area contributed by atoms with Crippen LogP contribution in [0.1, 0.15) is 41.5 Å². The number of aryl methyl sites for hydroxylation is 1. The van der Waals surface area contributed by atoms with Crippen LogP contribution in [0.4, 0.5) is 0 Å². The van der Waals surface area contributed by atoms with Crippen molar-refractivity contribution >= 4 is 17.0 Å². The summed E-state index contributed by atoms with van der Waals surface area (Å²) in [6.45, 7) is 6.18. The number of rotatable bonds is 6. The molecule has 7 nitrogen and oxygen atoms in total. The zero-order chi connectivity index (χ0) is 19.4. The molecule has 0 atom stereocenters. The minimum absolute atomic E-state index is 0.111. The van der Waals surface area contributed by atoms with Crippen LogP contribution in [0.25, 0.3) is 11.0 Å². The van der Waals surface area contributed by atoms with Crippen molar-refractivity contribution in [2.24, 2.45) is 0 Å². The molecule has 7 heteroatoms. The van der Waals surface area contributed by atoms with Gasteiger partial charge < -0.3 is 9.47 Å². The third-order valence-electron chi connectivity index (χ3n) is 3.97. The molecule has 0 radical (unpaired) electrons. The molecule has 0 saturated carbocycles. The molecule has 0 aliphatic rings. The minimum Gasteiger partial charge on any atom is -0.490 e. The zero-order valence-electron chi connectivity index (χ0n) is 15.5. The molecule has 1 aromatic carbocycles. The van der Waals surface area contributed by atoms with Gasteiger partial charge in [-0.05, 0) is 51.1 Å². The van der Waals surface area contributed by atoms with Crippen molar-refractivity contribution in [2.45, 2.75) is 26.8 Å². The summed E-state index contributed by atoms with van der Waals surface area (Å²) < 4.78 is 12.7. The number of hydrogen-bond acceptors (Lipinski definition) is 6. The number of aromatic nitrogens is 3. The van der Waals surface area contributed by atoms with Crippen LogP contribution < -0.4 is 4.74 Å². The van der Waals surface area contributed by atoms with E-state index in [1.165, 1.54) is 0 Å². The van der Waals surface area contributed by atoms with Gasteiger partial charge in [-0.15, -0.1) is 0 Å². The molecule has 0 bridgehead atoms. The lowest BCUT2D eigenvalue weighted by Gasteiger charge is -2.10. The van der Waals surface area contributed by atoms with E-state index in [0.717, 1.165) is 5.69 Å². The number of ether oxygens (including phenoxy) is 2. The number of nitrogens with zero attached hydrogens (tertiary/aromatic N) is 4. The monoisotopic (exact) mass is 364 g/mol. The number of nitriles is 1. The molecular weight excluding hydrogens is 344 g/mol. The number of carbonyl (C=O) groups is 1. The second-order valence-corrected chi connectivity index (χ2v) is 6.35. The van der Waals surface area contributed by atoms with Gasteiger partial charge in [-0.3, -0.25) is 0 Å². The molecule has 0 N–H and O–H groups in total. The smallest absolute Gasteiger partial charge is 0.339 e. The second kappa shape index (κ2) is 7.87. The maximum atomic E-state index is 12.5. The van der Waals surface area contributed by atoms with Gasteiger partial charge in [0, 0.05) is 11.7 Å². The first-order chi connectivity index (χ1) is 13.0. The van der Waals surface area contributed by atoms with Crippen LogP contribution in [0, 0.1) is 18.3 Å². The summed E-state index contributed by atoms with van der Waals surface area (Å²) in [5.41, 5.74) is 2.41. The van der Waals surface area contributed by atoms with Crippen LogP contribution in [-0.4, -0.2) is 33.9 Å². The minimum atomic E-state index is -0.433. The number of carbonyl (C=O) groups excluding carboxylic acids is 1. The fourth-order valence-corrected chi connectivity index (χ4v) is 2.69. The van der Waals surface area contributed by atoms with E-state index in [-0.39, 0.29) is 19.3 Å². The molecule has 0 unspecified atom stereocenters. The van der Waals surface area contributed by atoms with E-state index in [9.17, 15) is 4.79 Å². The van der Waals surface area contributed by atoms with Gasteiger partial charge in [-0.1, -0.05) is 0 Å². The van der Waals surface area contributed by atoms with E-state index in [1.807, 2.05) is 26.8 Å². The Kier molecular flexibility index (Phi) is 5.36. The van der Waals surface area contributed by atoms with Gasteiger partial charge in [0.05, 0.1) is 28.8 Å². The molecule has 3 aromatic rings. The topological polar surface area (TPSA) is 90.0 Å². The van der Waals surface area contributed by atoms with Crippen molar-refractivity contribution in [1.29, 1.82) is 5.26 Å². The van der Waals surface area contributed by atoms with Crippen molar-refractivity contribution in [3.8, 4) is 11.8 Å². The molecule has 138 valence electrons. The molecule has 27 heavy (non-hydrogen) atoms. The Morgan fingerprint density at radius 3 is 2.67 bits per heavy atom. The van der Waals surface area contributed by atoms with E-state index < -0.39 is 5.97 Å². The Morgan fingerprint density at radius 2 is 2.00 bits per heavy atom. The van der Waals surface area contributed by atoms with Crippen molar-refractivity contribution < 1.29 is 14.3 Å². The fourth-order valence-electron chi connectivity index (χ4n) is 2.69. The van der Waals surface area contributed by atoms with Crippen LogP contribution in [0.5, 0.6) is 5.75 Å². The van der Waals surface area contributed by atoms with E-state index in [2.05, 4.69) is 10.1 Å². The van der Waals surface area contributed by atoms with Gasteiger partial charge in [0.1, 0.15) is 19.0 Å². The molecule has 2 aromatic heterocycles. The molecular formula is C20H20N4O3. The third kappa shape index (κ3) is 4.06. The highest BCUT2D eigenvalue weighted by Gasteiger charge is 2.17. The number of pyridine rings is 1. The molecule has 3 rings (SSSR count). The van der Waals surface area contributed by atoms with Crippen molar-refractivity contribution in [3.05, 3.63) is 53.3 Å². The summed E-state index contributed by atoms with van der Waals surface area (Å²) in [7, 11) is 0. The van der Waals surface area contributed by atoms with E-state index >= 15 is 0 Å². The zero-order valence-corrected chi connectivity index (χ0v) is 15.5. The number of hydrogen-bond donors (Lipinski definition) is 0. The standard InChI is InChI=1S/C20H20N4O3/c1-13(2)24-19-18(12-22-24)17(10-14(3)23-19)20(25)27-9-8-26-16-6-4-15(11-21)5-7-16/h4-7,10,12-13H,8-9H2,1-3H3. The maximum absolute atomic E-state index is 12.5. The quantitative estimate of drug-likeness (QED) is 0.492. The summed E-state index contributed by atoms with van der Waals surface area (Å²) in [6.07, 6.45) is 1.64. The van der Waals surface area contributed by atoms with Crippen LogP contribution in [0.2, 0.25) is 0 Å². The maximum Gasteiger partial charge on any atom is 0.339 e. The average Bonchev–Trinajstić information content (AvgIpc) is 3.08. The van der Waals surface area contributed by atoms with Gasteiger partial charge in [0.2, 0.25) is 0 Å². The second-order valence-electron chi connectivity index (χ2n) is 6.35. The predicted molar refractivity (Wildman–Crippen MR) is 99.6 cm³/mol. The first kappa shape index (κ1) is 18.4. The van der Waals surface area contributed by atoms with Crippen LogP contribution >= 0.6 is 0 Å². The molecule has 0 aliphatic carbocycles. The lowest BCUT2D eigenvalue weighted by atomic mass is 10.1. The van der Waals surface area contributed by atoms with E-state index in [0.29, 0.717) is 27.9 Å². The van der Waals surface area contributed by atoms with Crippen molar-refractivity contribution in [1.82, 2.24) is 14.8 Å². The Balaban J connectivity index is 1.65. The Morgan fingerprint density at radius 1 is 1.26 bits per heavy atom. The Bertz CT molecular complexity index is 1000. The summed E-state index contributed by atoms with van der Waals surface area (Å²) in [5.74, 6) is 0.183. The highest BCUT2D eigenvalue weighted by atomic mass is 16.6. The fraction of sp³-hybridized carbons (Fsp3) is 0.300. The molecule has 0 amide bonds. The lowest BCUT2D eigenvalue weighted by molar-refractivity contribution is 0.0452. The highest BCUT2D eigenvalue weighted by Crippen LogP contribution is 2.21. The van der Waals surface area contributed by atoms with Gasteiger partial charge >= 0.3 is 5.97 Å². The Labute approximate surface area is 157 Å². The molecule has 0 saturated heterocycles. The first-order valence-electron chi connectivity index (χ1n) is 8.64. The molecule has 0 aliphatic heterocycles. The van der Waals surface area contributed by atoms with Gasteiger partial charge in [0.15, 0.2) is 5.65 Å². The molecule has 0 fully saturated rings. The average molecular weight is 364 g/mol. The Hall–Kier alpha value is -3.40. The van der Waals surface area contributed by atoms with Gasteiger partial charge in [-0.25, -0.2) is 14.5 Å². The van der Waals surface area contributed by atoms with Gasteiger partial charge in [-0.2, -0.15) is 10.4 Å². The summed E-state index contributed by atoms with van der Waals surface area (Å²) in [6, 6.07) is 10.6. The van der Waals surface area contributed by atoms with Gasteiger partial charge in [0.25, 0.3) is 0 Å². The highest BCUT2D eigenvalue weighted by molar-refractivity contribution is 6.02. The number of esters is 1. The predicted octanol–water partition coefficient (Wildman–Crippen LogP) is 3.43. The number of benzene rings is 1. The van der Waals surface area contributed by atoms with Crippen LogP contribution in [0.3, 0.4) is 0 Å². The first-order valence-corrected chi connectivity index (χ1v) is 8.64. The van der Waals surface area contributed by atoms with Crippen molar-refractivity contribution in [3.63, 3.8) is 0 Å². The SMILES string of the molecule is Cc1cc(C(=O)OCCOc2ccc(C#N)cc2)c2cnn(C(C)C)c2n1. The normalized spacial score (nSPS) is 10.8. The summed E-state index contributed by atoms with van der Waals surface area (Å²) in [5, 5.41) is 13.8. The van der Waals surface area contributed by atoms with Crippen molar-refractivity contribution in [2.75, 3.05) is 13.2 Å². The summed E-state index contributed by atoms with van der Waals surface area (Å²) >= 11 is 0. The number of fused-ring (bicyclic) bond motifs is 1. The van der Waals surface area contributed by atoms with Crippen LogP contribution in [0.15, 0.2) is 36.5 Å². The van der Waals surface area contributed by atoms with E-state index in [4.69, 9.17) is 14.7 Å². The largest absolute Gasteiger partial charge is 0.490 e. The van der Waals surface area contributed by atoms with E-state index in [1.54, 1.807) is 41.2 Å². The summed E-state index contributed by atoms with van der Waals surface area (Å²) in [4.78, 5) is 17.0. The van der Waals surface area contributed by atoms with Crippen LogP contribution in [-0.2, 0) is 4.74 Å². The molecule has 2 heterocycles. The lowest BCUT2D eigenvalue weighted by Crippen LogP contribution is -2.13. The third-order valence-corrected chi connectivity index (χ3v) is 3.97. The molecule has 0 spiro atoms.